The third-order valence-electron chi connectivity index (χ3n) is 5.11. The molecule has 8 heteroatoms. The van der Waals surface area contributed by atoms with E-state index in [1.807, 2.05) is 6.20 Å². The zero-order valence-electron chi connectivity index (χ0n) is 15.5. The molecule has 0 spiro atoms. The molecule has 0 radical (unpaired) electrons. The van der Waals surface area contributed by atoms with E-state index in [-0.39, 0.29) is 11.9 Å². The summed E-state index contributed by atoms with van der Waals surface area (Å²) in [6.45, 7) is 8.12. The SMILES string of the molecule is C=C1NCCOc2ccc(F)cc2CN2c3nc4c1cnn4cc3OC[C@@H]2C. The minimum Gasteiger partial charge on any atom is -0.491 e. The normalized spacial score (nSPS) is 19.0. The van der Waals surface area contributed by atoms with Crippen LogP contribution in [0.1, 0.15) is 18.1 Å². The summed E-state index contributed by atoms with van der Waals surface area (Å²) in [5, 5.41) is 7.63. The van der Waals surface area contributed by atoms with Crippen LogP contribution in [0.15, 0.2) is 37.2 Å². The zero-order chi connectivity index (χ0) is 19.3. The minimum atomic E-state index is -0.291. The molecule has 0 saturated carbocycles. The number of rotatable bonds is 0. The molecule has 5 rings (SSSR count). The van der Waals surface area contributed by atoms with Crippen molar-refractivity contribution < 1.29 is 13.9 Å². The van der Waals surface area contributed by atoms with E-state index in [4.69, 9.17) is 14.5 Å². The fourth-order valence-electron chi connectivity index (χ4n) is 3.60. The van der Waals surface area contributed by atoms with E-state index in [2.05, 4.69) is 28.8 Å². The van der Waals surface area contributed by atoms with Gasteiger partial charge in [0.1, 0.15) is 24.8 Å². The Bertz CT molecular complexity index is 1080. The average molecular weight is 381 g/mol. The standard InChI is InChI=1S/C20H20FN5O2/c1-12-11-28-18-10-26-19-16(8-23-26)13(2)22-5-6-27-17-4-3-15(21)7-14(17)9-25(12)20(18)24-19/h3-4,7-8,10,12,22H,2,5-6,9,11H2,1H3/t12-/m0/s1. The van der Waals surface area contributed by atoms with Gasteiger partial charge in [-0.1, -0.05) is 6.58 Å². The van der Waals surface area contributed by atoms with Crippen LogP contribution in [0.5, 0.6) is 11.5 Å². The summed E-state index contributed by atoms with van der Waals surface area (Å²) in [5.41, 5.74) is 3.01. The number of hydrogen-bond acceptors (Lipinski definition) is 6. The van der Waals surface area contributed by atoms with Gasteiger partial charge in [-0.25, -0.2) is 13.9 Å². The fraction of sp³-hybridized carbons (Fsp3) is 0.300. The van der Waals surface area contributed by atoms with E-state index >= 15 is 0 Å². The van der Waals surface area contributed by atoms with Crippen LogP contribution >= 0.6 is 0 Å². The molecule has 2 aliphatic rings. The summed E-state index contributed by atoms with van der Waals surface area (Å²) < 4.78 is 27.5. The Hall–Kier alpha value is -3.29. The Balaban J connectivity index is 1.69. The number of nitrogens with zero attached hydrogens (tertiary/aromatic N) is 4. The van der Waals surface area contributed by atoms with Crippen molar-refractivity contribution in [2.24, 2.45) is 0 Å². The first-order valence-corrected chi connectivity index (χ1v) is 9.22. The van der Waals surface area contributed by atoms with Gasteiger partial charge in [-0.05, 0) is 25.1 Å². The van der Waals surface area contributed by atoms with Crippen LogP contribution in [0.4, 0.5) is 10.2 Å². The fourth-order valence-corrected chi connectivity index (χ4v) is 3.60. The number of halogens is 1. The Morgan fingerprint density at radius 1 is 1.29 bits per heavy atom. The lowest BCUT2D eigenvalue weighted by atomic mass is 10.1. The van der Waals surface area contributed by atoms with Gasteiger partial charge in [0.2, 0.25) is 0 Å². The monoisotopic (exact) mass is 381 g/mol. The van der Waals surface area contributed by atoms with E-state index in [0.29, 0.717) is 49.3 Å². The lowest BCUT2D eigenvalue weighted by Crippen LogP contribution is -2.41. The lowest BCUT2D eigenvalue weighted by Gasteiger charge is -2.36. The summed E-state index contributed by atoms with van der Waals surface area (Å²) in [6.07, 6.45) is 3.57. The highest BCUT2D eigenvalue weighted by atomic mass is 19.1. The Morgan fingerprint density at radius 3 is 3.07 bits per heavy atom. The summed E-state index contributed by atoms with van der Waals surface area (Å²) in [7, 11) is 0. The molecule has 2 aromatic heterocycles. The Labute approximate surface area is 161 Å². The lowest BCUT2D eigenvalue weighted by molar-refractivity contribution is 0.263. The quantitative estimate of drug-likeness (QED) is 0.646. The van der Waals surface area contributed by atoms with Crippen molar-refractivity contribution in [3.8, 4) is 11.5 Å². The number of fused-ring (bicyclic) bond motifs is 1. The van der Waals surface area contributed by atoms with Crippen LogP contribution in [0.2, 0.25) is 0 Å². The molecule has 0 aliphatic carbocycles. The van der Waals surface area contributed by atoms with E-state index in [9.17, 15) is 4.39 Å². The maximum absolute atomic E-state index is 14.0. The average Bonchev–Trinajstić information content (AvgIpc) is 3.09. The molecular weight excluding hydrogens is 361 g/mol. The van der Waals surface area contributed by atoms with Crippen molar-refractivity contribution in [2.75, 3.05) is 24.7 Å². The highest BCUT2D eigenvalue weighted by Crippen LogP contribution is 2.36. The number of aromatic nitrogens is 3. The third-order valence-corrected chi connectivity index (χ3v) is 5.11. The molecule has 0 unspecified atom stereocenters. The van der Waals surface area contributed by atoms with E-state index in [1.54, 1.807) is 16.8 Å². The van der Waals surface area contributed by atoms with Crippen LogP contribution in [0.25, 0.3) is 11.3 Å². The third kappa shape index (κ3) is 2.72. The predicted octanol–water partition coefficient (Wildman–Crippen LogP) is 2.61. The first-order valence-electron chi connectivity index (χ1n) is 9.22. The second-order valence-corrected chi connectivity index (χ2v) is 7.05. The number of anilines is 1. The zero-order valence-corrected chi connectivity index (χ0v) is 15.5. The molecule has 0 fully saturated rings. The van der Waals surface area contributed by atoms with Gasteiger partial charge in [0.05, 0.1) is 24.0 Å². The van der Waals surface area contributed by atoms with E-state index < -0.39 is 0 Å². The molecule has 0 amide bonds. The minimum absolute atomic E-state index is 0.0661. The summed E-state index contributed by atoms with van der Waals surface area (Å²) in [5.74, 6) is 1.72. The van der Waals surface area contributed by atoms with Gasteiger partial charge in [-0.3, -0.25) is 0 Å². The van der Waals surface area contributed by atoms with Gasteiger partial charge in [0.15, 0.2) is 17.2 Å². The largest absolute Gasteiger partial charge is 0.491 e. The number of benzene rings is 1. The highest BCUT2D eigenvalue weighted by Gasteiger charge is 2.29. The highest BCUT2D eigenvalue weighted by molar-refractivity contribution is 5.75. The molecule has 144 valence electrons. The molecule has 7 nitrogen and oxygen atoms in total. The van der Waals surface area contributed by atoms with Crippen molar-refractivity contribution in [3.63, 3.8) is 0 Å². The molecule has 28 heavy (non-hydrogen) atoms. The smallest absolute Gasteiger partial charge is 0.180 e. The molecule has 1 aromatic carbocycles. The van der Waals surface area contributed by atoms with Crippen LogP contribution < -0.4 is 19.7 Å². The van der Waals surface area contributed by atoms with Crippen LogP contribution in [-0.4, -0.2) is 40.4 Å². The van der Waals surface area contributed by atoms with Crippen molar-refractivity contribution in [2.45, 2.75) is 19.5 Å². The topological polar surface area (TPSA) is 63.9 Å². The molecule has 3 aromatic rings. The maximum atomic E-state index is 14.0. The van der Waals surface area contributed by atoms with Crippen LogP contribution in [-0.2, 0) is 6.54 Å². The second kappa shape index (κ2) is 6.40. The van der Waals surface area contributed by atoms with Gasteiger partial charge in [-0.15, -0.1) is 0 Å². The van der Waals surface area contributed by atoms with Crippen LogP contribution in [0.3, 0.4) is 0 Å². The molecule has 1 atom stereocenters. The molecule has 1 N–H and O–H groups in total. The first-order chi connectivity index (χ1) is 13.6. The van der Waals surface area contributed by atoms with Crippen molar-refractivity contribution in [1.29, 1.82) is 0 Å². The predicted molar refractivity (Wildman–Crippen MR) is 103 cm³/mol. The van der Waals surface area contributed by atoms with Gasteiger partial charge < -0.3 is 19.7 Å². The van der Waals surface area contributed by atoms with Crippen LogP contribution in [0, 0.1) is 5.82 Å². The first kappa shape index (κ1) is 16.9. The molecular formula is C20H20FN5O2. The molecule has 2 bridgehead atoms. The van der Waals surface area contributed by atoms with E-state index in [1.165, 1.54) is 12.1 Å². The molecule has 4 heterocycles. The van der Waals surface area contributed by atoms with Crippen molar-refractivity contribution in [1.82, 2.24) is 19.9 Å². The molecule has 0 saturated heterocycles. The maximum Gasteiger partial charge on any atom is 0.180 e. The summed E-state index contributed by atoms with van der Waals surface area (Å²) in [6, 6.07) is 4.68. The van der Waals surface area contributed by atoms with E-state index in [0.717, 1.165) is 16.8 Å². The molecule has 2 aliphatic heterocycles. The Morgan fingerprint density at radius 2 is 2.18 bits per heavy atom. The summed E-state index contributed by atoms with van der Waals surface area (Å²) >= 11 is 0. The number of hydrogen-bond donors (Lipinski definition) is 1. The van der Waals surface area contributed by atoms with Gasteiger partial charge in [0, 0.05) is 24.4 Å². The number of ether oxygens (including phenoxy) is 2. The van der Waals surface area contributed by atoms with Gasteiger partial charge in [0.25, 0.3) is 0 Å². The second-order valence-electron chi connectivity index (χ2n) is 7.05. The van der Waals surface area contributed by atoms with Crippen molar-refractivity contribution in [3.05, 3.63) is 54.1 Å². The van der Waals surface area contributed by atoms with Gasteiger partial charge in [-0.2, -0.15) is 5.10 Å². The summed E-state index contributed by atoms with van der Waals surface area (Å²) in [4.78, 5) is 6.96. The Kier molecular flexibility index (Phi) is 3.85. The van der Waals surface area contributed by atoms with Crippen molar-refractivity contribution >= 4 is 17.2 Å². The number of nitrogens with one attached hydrogen (secondary N) is 1. The van der Waals surface area contributed by atoms with Gasteiger partial charge >= 0.3 is 0 Å².